The van der Waals surface area contributed by atoms with Gasteiger partial charge in [-0.2, -0.15) is 0 Å². The molecular weight excluding hydrogens is 268 g/mol. The number of hydrogen-bond donors (Lipinski definition) is 2. The number of amides is 1. The maximum absolute atomic E-state index is 12.3. The SMILES string of the molecule is Cc1cc(NC(=O)CC2(CC(=O)O)CCCCC2)ccn1. The Hall–Kier alpha value is -1.91. The lowest BCUT2D eigenvalue weighted by Crippen LogP contribution is -2.32. The molecule has 114 valence electrons. The predicted octanol–water partition coefficient (Wildman–Crippen LogP) is 3.14. The lowest BCUT2D eigenvalue weighted by Gasteiger charge is -2.35. The molecule has 1 heterocycles. The Morgan fingerprint density at radius 3 is 2.62 bits per heavy atom. The van der Waals surface area contributed by atoms with E-state index >= 15 is 0 Å². The molecule has 0 atom stereocenters. The summed E-state index contributed by atoms with van der Waals surface area (Å²) >= 11 is 0. The van der Waals surface area contributed by atoms with Crippen LogP contribution < -0.4 is 5.32 Å². The number of aryl methyl sites for hydroxylation is 1. The van der Waals surface area contributed by atoms with Crippen molar-refractivity contribution in [3.05, 3.63) is 24.0 Å². The van der Waals surface area contributed by atoms with Gasteiger partial charge in [0.05, 0.1) is 6.42 Å². The van der Waals surface area contributed by atoms with Gasteiger partial charge >= 0.3 is 5.97 Å². The molecule has 1 aromatic heterocycles. The van der Waals surface area contributed by atoms with Crippen molar-refractivity contribution in [3.63, 3.8) is 0 Å². The van der Waals surface area contributed by atoms with Gasteiger partial charge in [0, 0.05) is 24.0 Å². The summed E-state index contributed by atoms with van der Waals surface area (Å²) in [6.45, 7) is 1.86. The summed E-state index contributed by atoms with van der Waals surface area (Å²) in [5.41, 5.74) is 1.18. The smallest absolute Gasteiger partial charge is 0.303 e. The van der Waals surface area contributed by atoms with Crippen LogP contribution in [0.1, 0.15) is 50.6 Å². The number of carbonyl (C=O) groups is 2. The van der Waals surface area contributed by atoms with Gasteiger partial charge in [-0.3, -0.25) is 14.6 Å². The summed E-state index contributed by atoms with van der Waals surface area (Å²) in [7, 11) is 0. The summed E-state index contributed by atoms with van der Waals surface area (Å²) in [5.74, 6) is -0.923. The van der Waals surface area contributed by atoms with Crippen molar-refractivity contribution in [1.29, 1.82) is 0 Å². The lowest BCUT2D eigenvalue weighted by molar-refractivity contribution is -0.140. The van der Waals surface area contributed by atoms with Crippen LogP contribution >= 0.6 is 0 Å². The van der Waals surface area contributed by atoms with Crippen LogP contribution in [0.25, 0.3) is 0 Å². The molecule has 0 saturated heterocycles. The number of aliphatic carboxylic acids is 1. The summed E-state index contributed by atoms with van der Waals surface area (Å²) in [6, 6.07) is 3.55. The minimum Gasteiger partial charge on any atom is -0.481 e. The van der Waals surface area contributed by atoms with E-state index in [0.717, 1.165) is 37.8 Å². The van der Waals surface area contributed by atoms with Crippen molar-refractivity contribution in [2.45, 2.75) is 51.9 Å². The van der Waals surface area contributed by atoms with E-state index in [9.17, 15) is 9.59 Å². The summed E-state index contributed by atoms with van der Waals surface area (Å²) in [6.07, 6.45) is 6.80. The zero-order chi connectivity index (χ0) is 15.3. The van der Waals surface area contributed by atoms with Gasteiger partial charge in [0.15, 0.2) is 0 Å². The summed E-state index contributed by atoms with van der Waals surface area (Å²) in [5, 5.41) is 12.0. The third kappa shape index (κ3) is 4.55. The third-order valence-corrected chi connectivity index (χ3v) is 4.16. The highest BCUT2D eigenvalue weighted by molar-refractivity contribution is 5.91. The van der Waals surface area contributed by atoms with E-state index < -0.39 is 5.97 Å². The van der Waals surface area contributed by atoms with E-state index in [1.807, 2.05) is 13.0 Å². The van der Waals surface area contributed by atoms with Crippen LogP contribution in [0, 0.1) is 12.3 Å². The molecule has 5 nitrogen and oxygen atoms in total. The molecule has 1 aliphatic carbocycles. The van der Waals surface area contributed by atoms with Gasteiger partial charge in [-0.1, -0.05) is 19.3 Å². The number of anilines is 1. The highest BCUT2D eigenvalue weighted by atomic mass is 16.4. The van der Waals surface area contributed by atoms with E-state index in [1.54, 1.807) is 12.3 Å². The van der Waals surface area contributed by atoms with Gasteiger partial charge in [0.2, 0.25) is 5.91 Å². The van der Waals surface area contributed by atoms with Crippen LogP contribution in [0.5, 0.6) is 0 Å². The molecule has 0 spiro atoms. The molecule has 0 bridgehead atoms. The zero-order valence-electron chi connectivity index (χ0n) is 12.4. The molecule has 21 heavy (non-hydrogen) atoms. The molecular formula is C16H22N2O3. The van der Waals surface area contributed by atoms with Gasteiger partial charge in [-0.25, -0.2) is 0 Å². The van der Waals surface area contributed by atoms with Crippen LogP contribution in [-0.4, -0.2) is 22.0 Å². The van der Waals surface area contributed by atoms with E-state index in [0.29, 0.717) is 5.69 Å². The monoisotopic (exact) mass is 290 g/mol. The molecule has 2 rings (SSSR count). The Bertz CT molecular complexity index is 522. The number of carboxylic acid groups (broad SMARTS) is 1. The van der Waals surface area contributed by atoms with Crippen LogP contribution in [0.4, 0.5) is 5.69 Å². The number of hydrogen-bond acceptors (Lipinski definition) is 3. The molecule has 1 amide bonds. The van der Waals surface area contributed by atoms with Gasteiger partial charge in [-0.15, -0.1) is 0 Å². The summed E-state index contributed by atoms with van der Waals surface area (Å²) in [4.78, 5) is 27.5. The van der Waals surface area contributed by atoms with Crippen molar-refractivity contribution in [3.8, 4) is 0 Å². The number of aromatic nitrogens is 1. The molecule has 1 fully saturated rings. The van der Waals surface area contributed by atoms with Gasteiger partial charge in [-0.05, 0) is 37.3 Å². The largest absolute Gasteiger partial charge is 0.481 e. The van der Waals surface area contributed by atoms with Crippen molar-refractivity contribution in [2.24, 2.45) is 5.41 Å². The van der Waals surface area contributed by atoms with Crippen LogP contribution in [0.3, 0.4) is 0 Å². The van der Waals surface area contributed by atoms with Crippen molar-refractivity contribution < 1.29 is 14.7 Å². The molecule has 0 aliphatic heterocycles. The Kier molecular flexibility index (Phi) is 4.94. The van der Waals surface area contributed by atoms with E-state index in [4.69, 9.17) is 5.11 Å². The second-order valence-corrected chi connectivity index (χ2v) is 6.04. The lowest BCUT2D eigenvalue weighted by atomic mass is 9.69. The second-order valence-electron chi connectivity index (χ2n) is 6.04. The number of pyridine rings is 1. The van der Waals surface area contributed by atoms with Crippen molar-refractivity contribution >= 4 is 17.6 Å². The van der Waals surface area contributed by atoms with Gasteiger partial charge in [0.25, 0.3) is 0 Å². The van der Waals surface area contributed by atoms with Gasteiger partial charge in [0.1, 0.15) is 0 Å². The number of rotatable bonds is 5. The fourth-order valence-corrected chi connectivity index (χ4v) is 3.21. The molecule has 0 radical (unpaired) electrons. The van der Waals surface area contributed by atoms with Gasteiger partial charge < -0.3 is 10.4 Å². The number of nitrogens with zero attached hydrogens (tertiary/aromatic N) is 1. The van der Waals surface area contributed by atoms with E-state index in [-0.39, 0.29) is 24.2 Å². The van der Waals surface area contributed by atoms with E-state index in [2.05, 4.69) is 10.3 Å². The highest BCUT2D eigenvalue weighted by Crippen LogP contribution is 2.42. The minimum absolute atomic E-state index is 0.0792. The second kappa shape index (κ2) is 6.70. The number of carboxylic acids is 1. The number of nitrogens with one attached hydrogen (secondary N) is 1. The molecule has 5 heteroatoms. The highest BCUT2D eigenvalue weighted by Gasteiger charge is 2.36. The first-order valence-electron chi connectivity index (χ1n) is 7.43. The topological polar surface area (TPSA) is 79.3 Å². The molecule has 1 saturated carbocycles. The minimum atomic E-state index is -0.815. The standard InChI is InChI=1S/C16H22N2O3/c1-12-9-13(5-8-17-12)18-14(19)10-16(11-15(20)21)6-3-2-4-7-16/h5,8-9H,2-4,6-7,10-11H2,1H3,(H,20,21)(H,17,18,19). The molecule has 1 aliphatic rings. The molecule has 1 aromatic rings. The quantitative estimate of drug-likeness (QED) is 0.873. The number of carbonyl (C=O) groups excluding carboxylic acids is 1. The Labute approximate surface area is 124 Å². The van der Waals surface area contributed by atoms with Crippen molar-refractivity contribution in [2.75, 3.05) is 5.32 Å². The predicted molar refractivity (Wildman–Crippen MR) is 80.0 cm³/mol. The fraction of sp³-hybridized carbons (Fsp3) is 0.562. The van der Waals surface area contributed by atoms with Crippen LogP contribution in [0.15, 0.2) is 18.3 Å². The maximum atomic E-state index is 12.3. The van der Waals surface area contributed by atoms with Crippen LogP contribution in [-0.2, 0) is 9.59 Å². The average Bonchev–Trinajstić information content (AvgIpc) is 2.38. The Balaban J connectivity index is 2.02. The third-order valence-electron chi connectivity index (χ3n) is 4.16. The fourth-order valence-electron chi connectivity index (χ4n) is 3.21. The normalized spacial score (nSPS) is 17.2. The zero-order valence-corrected chi connectivity index (χ0v) is 12.4. The summed E-state index contributed by atoms with van der Waals surface area (Å²) < 4.78 is 0. The van der Waals surface area contributed by atoms with E-state index in [1.165, 1.54) is 0 Å². The first-order chi connectivity index (χ1) is 9.99. The molecule has 0 unspecified atom stereocenters. The molecule has 2 N–H and O–H groups in total. The molecule has 0 aromatic carbocycles. The average molecular weight is 290 g/mol. The maximum Gasteiger partial charge on any atom is 0.303 e. The van der Waals surface area contributed by atoms with Crippen LogP contribution in [0.2, 0.25) is 0 Å². The first-order valence-corrected chi connectivity index (χ1v) is 7.43. The Morgan fingerprint density at radius 1 is 1.29 bits per heavy atom. The first kappa shape index (κ1) is 15.5. The van der Waals surface area contributed by atoms with Crippen molar-refractivity contribution in [1.82, 2.24) is 4.98 Å². The Morgan fingerprint density at radius 2 is 2.00 bits per heavy atom.